The van der Waals surface area contributed by atoms with Gasteiger partial charge in [0.15, 0.2) is 4.90 Å². The van der Waals surface area contributed by atoms with Gasteiger partial charge in [0, 0.05) is 48.8 Å². The summed E-state index contributed by atoms with van der Waals surface area (Å²) >= 11 is 0. The Bertz CT molecular complexity index is 1260. The van der Waals surface area contributed by atoms with Crippen molar-refractivity contribution in [3.63, 3.8) is 0 Å². The van der Waals surface area contributed by atoms with E-state index >= 15 is 0 Å². The van der Waals surface area contributed by atoms with Gasteiger partial charge in [0.25, 0.3) is 5.69 Å². The smallest absolute Gasteiger partial charge is 0.289 e. The quantitative estimate of drug-likeness (QED) is 0.481. The number of benzene rings is 2. The number of amides is 1. The molecule has 162 valence electrons. The zero-order valence-electron chi connectivity index (χ0n) is 16.9. The zero-order valence-corrected chi connectivity index (χ0v) is 17.8. The third-order valence-corrected chi connectivity index (χ3v) is 7.57. The second-order valence-corrected chi connectivity index (χ2v) is 9.37. The van der Waals surface area contributed by atoms with Crippen LogP contribution < -0.4 is 0 Å². The number of nitrogens with zero attached hydrogens (tertiary/aromatic N) is 3. The number of sulfonamides is 1. The van der Waals surface area contributed by atoms with E-state index in [0.29, 0.717) is 0 Å². The van der Waals surface area contributed by atoms with Crippen molar-refractivity contribution in [2.24, 2.45) is 0 Å². The molecule has 31 heavy (non-hydrogen) atoms. The van der Waals surface area contributed by atoms with Gasteiger partial charge >= 0.3 is 0 Å². The summed E-state index contributed by atoms with van der Waals surface area (Å²) in [5, 5.41) is 12.2. The van der Waals surface area contributed by atoms with E-state index in [1.165, 1.54) is 28.6 Å². The van der Waals surface area contributed by atoms with Gasteiger partial charge in [-0.1, -0.05) is 30.3 Å². The molecule has 1 fully saturated rings. The minimum absolute atomic E-state index is 0.0735. The molecule has 0 unspecified atom stereocenters. The Balaban J connectivity index is 1.47. The van der Waals surface area contributed by atoms with E-state index in [2.05, 4.69) is 4.98 Å². The Morgan fingerprint density at radius 1 is 1.06 bits per heavy atom. The maximum atomic E-state index is 13.0. The van der Waals surface area contributed by atoms with Gasteiger partial charge in [-0.2, -0.15) is 4.31 Å². The first-order valence-corrected chi connectivity index (χ1v) is 11.3. The normalized spacial score (nSPS) is 15.3. The Hall–Kier alpha value is -3.24. The van der Waals surface area contributed by atoms with Crippen LogP contribution in [0.1, 0.15) is 11.3 Å². The van der Waals surface area contributed by atoms with Crippen molar-refractivity contribution in [3.8, 4) is 0 Å². The Labute approximate surface area is 179 Å². The summed E-state index contributed by atoms with van der Waals surface area (Å²) in [7, 11) is -4.02. The van der Waals surface area contributed by atoms with E-state index < -0.39 is 20.6 Å². The molecule has 1 amide bonds. The molecule has 2 aromatic carbocycles. The van der Waals surface area contributed by atoms with Crippen LogP contribution in [-0.4, -0.2) is 59.6 Å². The summed E-state index contributed by atoms with van der Waals surface area (Å²) in [4.78, 5) is 28.0. The SMILES string of the molecule is Cc1[nH]c2ccccc2c1CC(=O)N1CCN(S(=O)(=O)c2ccccc2[N+](=O)[O-])CC1. The lowest BCUT2D eigenvalue weighted by molar-refractivity contribution is -0.387. The van der Waals surface area contributed by atoms with E-state index in [0.717, 1.165) is 22.2 Å². The molecule has 2 heterocycles. The van der Waals surface area contributed by atoms with Crippen LogP contribution in [0.25, 0.3) is 10.9 Å². The molecule has 1 saturated heterocycles. The second kappa shape index (κ2) is 8.12. The zero-order chi connectivity index (χ0) is 22.2. The van der Waals surface area contributed by atoms with Gasteiger partial charge in [-0.3, -0.25) is 14.9 Å². The first kappa shape index (κ1) is 21.0. The number of piperazine rings is 1. The fourth-order valence-corrected chi connectivity index (χ4v) is 5.55. The van der Waals surface area contributed by atoms with Gasteiger partial charge < -0.3 is 9.88 Å². The number of nitrogens with one attached hydrogen (secondary N) is 1. The van der Waals surface area contributed by atoms with Crippen LogP contribution in [0.4, 0.5) is 5.69 Å². The Morgan fingerprint density at radius 3 is 2.42 bits per heavy atom. The summed E-state index contributed by atoms with van der Waals surface area (Å²) in [5.74, 6) is -0.0735. The van der Waals surface area contributed by atoms with E-state index in [4.69, 9.17) is 0 Å². The molecule has 1 aromatic heterocycles. The van der Waals surface area contributed by atoms with Gasteiger partial charge in [-0.25, -0.2) is 8.42 Å². The molecule has 1 aliphatic heterocycles. The number of nitro benzene ring substituents is 1. The largest absolute Gasteiger partial charge is 0.358 e. The predicted octanol–water partition coefficient (Wildman–Crippen LogP) is 2.46. The van der Waals surface area contributed by atoms with Crippen LogP contribution in [0.3, 0.4) is 0 Å². The standard InChI is InChI=1S/C21H22N4O5S/c1-15-17(16-6-2-3-7-18(16)22-15)14-21(26)23-10-12-24(13-11-23)31(29,30)20-9-5-4-8-19(20)25(27)28/h2-9,22H,10-14H2,1H3. The van der Waals surface area contributed by atoms with Crippen LogP contribution in [0.5, 0.6) is 0 Å². The highest BCUT2D eigenvalue weighted by Crippen LogP contribution is 2.27. The summed E-state index contributed by atoms with van der Waals surface area (Å²) in [6, 6.07) is 13.1. The van der Waals surface area contributed by atoms with Crippen molar-refractivity contribution < 1.29 is 18.1 Å². The highest BCUT2D eigenvalue weighted by molar-refractivity contribution is 7.89. The monoisotopic (exact) mass is 442 g/mol. The number of hydrogen-bond acceptors (Lipinski definition) is 5. The molecule has 0 aliphatic carbocycles. The molecule has 9 nitrogen and oxygen atoms in total. The third kappa shape index (κ3) is 3.91. The molecule has 0 bridgehead atoms. The fourth-order valence-electron chi connectivity index (χ4n) is 3.97. The molecule has 0 atom stereocenters. The number of hydrogen-bond donors (Lipinski definition) is 1. The van der Waals surface area contributed by atoms with Gasteiger partial charge in [0.05, 0.1) is 11.3 Å². The molecule has 3 aromatic rings. The average Bonchev–Trinajstić information content (AvgIpc) is 3.08. The number of H-pyrrole nitrogens is 1. The predicted molar refractivity (Wildman–Crippen MR) is 115 cm³/mol. The number of carbonyl (C=O) groups excluding carboxylic acids is 1. The van der Waals surface area contributed by atoms with Crippen molar-refractivity contribution in [2.45, 2.75) is 18.2 Å². The topological polar surface area (TPSA) is 117 Å². The number of carbonyl (C=O) groups is 1. The number of aromatic amines is 1. The van der Waals surface area contributed by atoms with Crippen LogP contribution in [0.15, 0.2) is 53.4 Å². The van der Waals surface area contributed by atoms with Crippen molar-refractivity contribution in [1.29, 1.82) is 0 Å². The molecule has 4 rings (SSSR count). The highest BCUT2D eigenvalue weighted by Gasteiger charge is 2.34. The first-order valence-electron chi connectivity index (χ1n) is 9.86. The lowest BCUT2D eigenvalue weighted by Crippen LogP contribution is -2.50. The summed E-state index contributed by atoms with van der Waals surface area (Å²) in [6.07, 6.45) is 0.229. The van der Waals surface area contributed by atoms with Crippen LogP contribution in [0.2, 0.25) is 0 Å². The molecule has 10 heteroatoms. The summed E-state index contributed by atoms with van der Waals surface area (Å²) in [5.41, 5.74) is 2.40. The number of rotatable bonds is 5. The van der Waals surface area contributed by atoms with Crippen molar-refractivity contribution >= 4 is 32.5 Å². The minimum atomic E-state index is -4.02. The van der Waals surface area contributed by atoms with Crippen molar-refractivity contribution in [2.75, 3.05) is 26.2 Å². The molecular formula is C21H22N4O5S. The molecule has 0 saturated carbocycles. The van der Waals surface area contributed by atoms with Crippen molar-refractivity contribution in [3.05, 3.63) is 69.9 Å². The van der Waals surface area contributed by atoms with E-state index in [9.17, 15) is 23.3 Å². The molecule has 1 aliphatic rings. The number of fused-ring (bicyclic) bond motifs is 1. The van der Waals surface area contributed by atoms with Crippen molar-refractivity contribution in [1.82, 2.24) is 14.2 Å². The molecule has 0 spiro atoms. The average molecular weight is 442 g/mol. The van der Waals surface area contributed by atoms with Gasteiger partial charge in [-0.15, -0.1) is 0 Å². The second-order valence-electron chi connectivity index (χ2n) is 7.46. The molecular weight excluding hydrogens is 420 g/mol. The van der Waals surface area contributed by atoms with Crippen LogP contribution in [0, 0.1) is 17.0 Å². The first-order chi connectivity index (χ1) is 14.8. The summed E-state index contributed by atoms with van der Waals surface area (Å²) in [6.45, 7) is 2.58. The van der Waals surface area contributed by atoms with Crippen LogP contribution in [-0.2, 0) is 21.2 Å². The molecule has 0 radical (unpaired) electrons. The van der Waals surface area contributed by atoms with E-state index in [1.807, 2.05) is 31.2 Å². The minimum Gasteiger partial charge on any atom is -0.358 e. The van der Waals surface area contributed by atoms with Gasteiger partial charge in [-0.05, 0) is 24.6 Å². The fraction of sp³-hybridized carbons (Fsp3) is 0.286. The van der Waals surface area contributed by atoms with Crippen LogP contribution >= 0.6 is 0 Å². The third-order valence-electron chi connectivity index (χ3n) is 5.63. The van der Waals surface area contributed by atoms with Gasteiger partial charge in [0.2, 0.25) is 15.9 Å². The molecule has 1 N–H and O–H groups in total. The number of nitro groups is 1. The maximum Gasteiger partial charge on any atom is 0.289 e. The summed E-state index contributed by atoms with van der Waals surface area (Å²) < 4.78 is 27.1. The number of para-hydroxylation sites is 2. The number of aryl methyl sites for hydroxylation is 1. The maximum absolute atomic E-state index is 13.0. The number of aromatic nitrogens is 1. The lowest BCUT2D eigenvalue weighted by atomic mass is 10.1. The Kier molecular flexibility index (Phi) is 5.50. The Morgan fingerprint density at radius 2 is 1.71 bits per heavy atom. The van der Waals surface area contributed by atoms with E-state index in [1.54, 1.807) is 4.90 Å². The highest BCUT2D eigenvalue weighted by atomic mass is 32.2. The lowest BCUT2D eigenvalue weighted by Gasteiger charge is -2.34. The van der Waals surface area contributed by atoms with E-state index in [-0.39, 0.29) is 43.4 Å². The van der Waals surface area contributed by atoms with Gasteiger partial charge in [0.1, 0.15) is 0 Å².